The van der Waals surface area contributed by atoms with Crippen LogP contribution in [0.4, 0.5) is 0 Å². The second kappa shape index (κ2) is 8.96. The standard InChI is InChI=1S/C20H24N2O2/c1-4-5-18-9-10-19(14-21-18)24-20-11-8-17(13-22-20)7-6-15(2)12-16(3)23/h6-11,13-15H,4-5,12H2,1-3H3/b7-6+/t15-/m0/s1. The van der Waals surface area contributed by atoms with Gasteiger partial charge in [0.25, 0.3) is 0 Å². The van der Waals surface area contributed by atoms with Gasteiger partial charge in [-0.2, -0.15) is 0 Å². The SMILES string of the molecule is CCCc1ccc(Oc2ccc(/C=C/[C@H](C)CC(C)=O)cn2)cn1. The number of aromatic nitrogens is 2. The summed E-state index contributed by atoms with van der Waals surface area (Å²) in [6.45, 7) is 5.77. The Balaban J connectivity index is 1.94. The van der Waals surface area contributed by atoms with Gasteiger partial charge < -0.3 is 9.53 Å². The highest BCUT2D eigenvalue weighted by molar-refractivity contribution is 5.76. The Morgan fingerprint density at radius 3 is 2.62 bits per heavy atom. The summed E-state index contributed by atoms with van der Waals surface area (Å²) in [4.78, 5) is 19.7. The number of carbonyl (C=O) groups is 1. The first kappa shape index (κ1) is 17.9. The Labute approximate surface area is 143 Å². The molecule has 0 amide bonds. The van der Waals surface area contributed by atoms with Crippen LogP contribution < -0.4 is 4.74 Å². The van der Waals surface area contributed by atoms with Crippen LogP contribution in [0.5, 0.6) is 11.6 Å². The molecule has 0 aliphatic heterocycles. The van der Waals surface area contributed by atoms with E-state index in [1.807, 2.05) is 43.3 Å². The highest BCUT2D eigenvalue weighted by atomic mass is 16.5. The average molecular weight is 324 g/mol. The molecule has 126 valence electrons. The van der Waals surface area contributed by atoms with Crippen molar-refractivity contribution in [2.75, 3.05) is 0 Å². The molecule has 24 heavy (non-hydrogen) atoms. The van der Waals surface area contributed by atoms with Gasteiger partial charge in [0.2, 0.25) is 5.88 Å². The first-order valence-corrected chi connectivity index (χ1v) is 8.33. The molecule has 0 saturated carbocycles. The Bertz CT molecular complexity index is 676. The molecule has 2 rings (SSSR count). The van der Waals surface area contributed by atoms with Crippen molar-refractivity contribution >= 4 is 11.9 Å². The van der Waals surface area contributed by atoms with Crippen molar-refractivity contribution < 1.29 is 9.53 Å². The van der Waals surface area contributed by atoms with Gasteiger partial charge in [-0.05, 0) is 43.0 Å². The number of ether oxygens (including phenoxy) is 1. The molecule has 0 aliphatic rings. The van der Waals surface area contributed by atoms with Gasteiger partial charge in [0, 0.05) is 24.4 Å². The van der Waals surface area contributed by atoms with E-state index in [9.17, 15) is 4.79 Å². The third-order valence-electron chi connectivity index (χ3n) is 3.51. The maximum Gasteiger partial charge on any atom is 0.219 e. The number of nitrogens with zero attached hydrogens (tertiary/aromatic N) is 2. The van der Waals surface area contributed by atoms with Crippen molar-refractivity contribution in [2.24, 2.45) is 5.92 Å². The monoisotopic (exact) mass is 324 g/mol. The summed E-state index contributed by atoms with van der Waals surface area (Å²) < 4.78 is 5.70. The van der Waals surface area contributed by atoms with Gasteiger partial charge in [-0.1, -0.05) is 32.4 Å². The lowest BCUT2D eigenvalue weighted by Gasteiger charge is -2.06. The van der Waals surface area contributed by atoms with Gasteiger partial charge in [-0.3, -0.25) is 4.98 Å². The van der Waals surface area contributed by atoms with E-state index >= 15 is 0 Å². The number of pyridine rings is 2. The van der Waals surface area contributed by atoms with Crippen LogP contribution in [0.15, 0.2) is 42.7 Å². The normalized spacial score (nSPS) is 12.3. The predicted octanol–water partition coefficient (Wildman–Crippen LogP) is 4.85. The van der Waals surface area contributed by atoms with Crippen LogP contribution in [-0.4, -0.2) is 15.8 Å². The Hall–Kier alpha value is -2.49. The zero-order chi connectivity index (χ0) is 17.4. The van der Waals surface area contributed by atoms with E-state index in [-0.39, 0.29) is 11.7 Å². The molecule has 4 heteroatoms. The summed E-state index contributed by atoms with van der Waals surface area (Å²) in [5, 5.41) is 0. The Kier molecular flexibility index (Phi) is 6.67. The number of Topliss-reactive ketones (excluding diaryl/α,β-unsaturated/α-hetero) is 1. The quantitative estimate of drug-likeness (QED) is 0.696. The first-order chi connectivity index (χ1) is 11.6. The molecule has 1 atom stereocenters. The van der Waals surface area contributed by atoms with Crippen LogP contribution >= 0.6 is 0 Å². The van der Waals surface area contributed by atoms with Gasteiger partial charge in [0.1, 0.15) is 11.5 Å². The molecule has 0 radical (unpaired) electrons. The van der Waals surface area contributed by atoms with Gasteiger partial charge in [-0.25, -0.2) is 4.98 Å². The fourth-order valence-electron chi connectivity index (χ4n) is 2.34. The van der Waals surface area contributed by atoms with E-state index in [1.54, 1.807) is 19.3 Å². The van der Waals surface area contributed by atoms with Crippen LogP contribution in [0.3, 0.4) is 0 Å². The number of hydrogen-bond donors (Lipinski definition) is 0. The molecule has 0 bridgehead atoms. The van der Waals surface area contributed by atoms with Gasteiger partial charge in [-0.15, -0.1) is 0 Å². The maximum absolute atomic E-state index is 11.1. The van der Waals surface area contributed by atoms with Crippen molar-refractivity contribution in [3.05, 3.63) is 54.0 Å². The van der Waals surface area contributed by atoms with Gasteiger partial charge >= 0.3 is 0 Å². The maximum atomic E-state index is 11.1. The fourth-order valence-corrected chi connectivity index (χ4v) is 2.34. The lowest BCUT2D eigenvalue weighted by Crippen LogP contribution is -1.97. The molecule has 0 N–H and O–H groups in total. The number of rotatable bonds is 8. The highest BCUT2D eigenvalue weighted by Crippen LogP contribution is 2.19. The van der Waals surface area contributed by atoms with E-state index in [0.717, 1.165) is 24.1 Å². The van der Waals surface area contributed by atoms with Crippen molar-refractivity contribution in [2.45, 2.75) is 40.0 Å². The molecule has 0 aromatic carbocycles. The summed E-state index contributed by atoms with van der Waals surface area (Å²) in [7, 11) is 0. The number of carbonyl (C=O) groups excluding carboxylic acids is 1. The average Bonchev–Trinajstić information content (AvgIpc) is 2.56. The minimum absolute atomic E-state index is 0.201. The number of hydrogen-bond acceptors (Lipinski definition) is 4. The van der Waals surface area contributed by atoms with E-state index in [1.165, 1.54) is 0 Å². The molecular weight excluding hydrogens is 300 g/mol. The molecule has 0 aliphatic carbocycles. The van der Waals surface area contributed by atoms with Crippen molar-refractivity contribution in [3.8, 4) is 11.6 Å². The lowest BCUT2D eigenvalue weighted by atomic mass is 10.0. The minimum Gasteiger partial charge on any atom is -0.437 e. The largest absolute Gasteiger partial charge is 0.437 e. The molecule has 0 saturated heterocycles. The summed E-state index contributed by atoms with van der Waals surface area (Å²) in [6, 6.07) is 7.66. The third kappa shape index (κ3) is 5.95. The molecule has 0 spiro atoms. The molecule has 2 aromatic rings. The van der Waals surface area contributed by atoms with E-state index < -0.39 is 0 Å². The van der Waals surface area contributed by atoms with Crippen molar-refractivity contribution in [1.29, 1.82) is 0 Å². The van der Waals surface area contributed by atoms with E-state index in [0.29, 0.717) is 18.1 Å². The third-order valence-corrected chi connectivity index (χ3v) is 3.51. The Morgan fingerprint density at radius 1 is 1.21 bits per heavy atom. The smallest absolute Gasteiger partial charge is 0.219 e. The van der Waals surface area contributed by atoms with Crippen LogP contribution in [0.2, 0.25) is 0 Å². The fraction of sp³-hybridized carbons (Fsp3) is 0.350. The lowest BCUT2D eigenvalue weighted by molar-refractivity contribution is -0.117. The molecular formula is C20H24N2O2. The van der Waals surface area contributed by atoms with Crippen LogP contribution in [0.1, 0.15) is 44.9 Å². The van der Waals surface area contributed by atoms with Crippen molar-refractivity contribution in [3.63, 3.8) is 0 Å². The second-order valence-corrected chi connectivity index (χ2v) is 6.01. The summed E-state index contributed by atoms with van der Waals surface area (Å²) >= 11 is 0. The zero-order valence-electron chi connectivity index (χ0n) is 14.5. The van der Waals surface area contributed by atoms with Crippen molar-refractivity contribution in [1.82, 2.24) is 9.97 Å². The minimum atomic E-state index is 0.201. The molecule has 0 fully saturated rings. The van der Waals surface area contributed by atoms with Crippen LogP contribution in [0, 0.1) is 5.92 Å². The number of allylic oxidation sites excluding steroid dienone is 1. The topological polar surface area (TPSA) is 52.1 Å². The zero-order valence-corrected chi connectivity index (χ0v) is 14.5. The van der Waals surface area contributed by atoms with Gasteiger partial charge in [0.05, 0.1) is 6.20 Å². The summed E-state index contributed by atoms with van der Waals surface area (Å²) in [6.07, 6.45) is 10.1. The van der Waals surface area contributed by atoms with Gasteiger partial charge in [0.15, 0.2) is 0 Å². The Morgan fingerprint density at radius 2 is 2.04 bits per heavy atom. The van der Waals surface area contributed by atoms with Crippen LogP contribution in [-0.2, 0) is 11.2 Å². The van der Waals surface area contributed by atoms with E-state index in [4.69, 9.17) is 4.74 Å². The molecule has 4 nitrogen and oxygen atoms in total. The first-order valence-electron chi connectivity index (χ1n) is 8.33. The molecule has 2 aromatic heterocycles. The highest BCUT2D eigenvalue weighted by Gasteiger charge is 2.02. The van der Waals surface area contributed by atoms with Crippen LogP contribution in [0.25, 0.3) is 6.08 Å². The predicted molar refractivity (Wildman–Crippen MR) is 96.0 cm³/mol. The number of aryl methyl sites for hydroxylation is 1. The summed E-state index contributed by atoms with van der Waals surface area (Å²) in [5.74, 6) is 1.65. The molecule has 2 heterocycles. The second-order valence-electron chi connectivity index (χ2n) is 6.01. The number of ketones is 1. The summed E-state index contributed by atoms with van der Waals surface area (Å²) in [5.41, 5.74) is 2.05. The van der Waals surface area contributed by atoms with E-state index in [2.05, 4.69) is 16.9 Å². The molecule has 0 unspecified atom stereocenters.